The van der Waals surface area contributed by atoms with E-state index < -0.39 is 0 Å². The van der Waals surface area contributed by atoms with Crippen LogP contribution in [-0.2, 0) is 0 Å². The van der Waals surface area contributed by atoms with Crippen LogP contribution >= 0.6 is 0 Å². The first kappa shape index (κ1) is 12.4. The fourth-order valence-electron chi connectivity index (χ4n) is 2.01. The number of rotatable bonds is 3. The van der Waals surface area contributed by atoms with Crippen LogP contribution in [0.5, 0.6) is 0 Å². The summed E-state index contributed by atoms with van der Waals surface area (Å²) in [6, 6.07) is 1.85. The summed E-state index contributed by atoms with van der Waals surface area (Å²) in [4.78, 5) is 12.0. The normalized spacial score (nSPS) is 12.4. The van der Waals surface area contributed by atoms with Gasteiger partial charge in [0, 0.05) is 11.3 Å². The number of aromatic amines is 1. The van der Waals surface area contributed by atoms with Crippen molar-refractivity contribution in [1.82, 2.24) is 15.5 Å². The van der Waals surface area contributed by atoms with Gasteiger partial charge in [0.05, 0.1) is 17.8 Å². The minimum Gasteiger partial charge on any atom is -0.466 e. The van der Waals surface area contributed by atoms with Crippen molar-refractivity contribution in [1.29, 1.82) is 0 Å². The van der Waals surface area contributed by atoms with Crippen molar-refractivity contribution in [2.24, 2.45) is 0 Å². The minimum atomic E-state index is -0.132. The van der Waals surface area contributed by atoms with Crippen molar-refractivity contribution in [2.45, 2.75) is 33.7 Å². The number of nitrogens with one attached hydrogen (secondary N) is 2. The van der Waals surface area contributed by atoms with Gasteiger partial charge in [-0.15, -0.1) is 0 Å². The molecule has 2 aromatic rings. The van der Waals surface area contributed by atoms with E-state index in [1.807, 2.05) is 33.8 Å². The second-order valence-corrected chi connectivity index (χ2v) is 4.47. The third-order valence-corrected chi connectivity index (χ3v) is 2.97. The van der Waals surface area contributed by atoms with Crippen molar-refractivity contribution in [3.63, 3.8) is 0 Å². The Labute approximate surface area is 106 Å². The molecular formula is C13H17N3O2. The highest BCUT2D eigenvalue weighted by molar-refractivity contribution is 5.95. The molecule has 2 rings (SSSR count). The van der Waals surface area contributed by atoms with Crippen LogP contribution in [0.2, 0.25) is 0 Å². The summed E-state index contributed by atoms with van der Waals surface area (Å²) in [5, 5.41) is 9.52. The monoisotopic (exact) mass is 247 g/mol. The first-order chi connectivity index (χ1) is 8.49. The second kappa shape index (κ2) is 4.68. The standard InChI is InChI=1S/C13H17N3O2/c1-7-5-11(10(4)18-7)8(2)15-13(17)12-6-14-16-9(12)3/h5-6,8H,1-4H3,(H,14,16)(H,15,17). The van der Waals surface area contributed by atoms with Gasteiger partial charge in [-0.1, -0.05) is 0 Å². The molecule has 0 fully saturated rings. The molecule has 2 N–H and O–H groups in total. The third-order valence-electron chi connectivity index (χ3n) is 2.97. The van der Waals surface area contributed by atoms with Crippen LogP contribution in [0, 0.1) is 20.8 Å². The molecule has 0 bridgehead atoms. The van der Waals surface area contributed by atoms with Gasteiger partial charge >= 0.3 is 0 Å². The van der Waals surface area contributed by atoms with Gasteiger partial charge < -0.3 is 9.73 Å². The average Bonchev–Trinajstić information content (AvgIpc) is 2.84. The quantitative estimate of drug-likeness (QED) is 0.875. The molecule has 1 unspecified atom stereocenters. The van der Waals surface area contributed by atoms with Crippen LogP contribution in [0.3, 0.4) is 0 Å². The van der Waals surface area contributed by atoms with Gasteiger partial charge in [0.2, 0.25) is 0 Å². The summed E-state index contributed by atoms with van der Waals surface area (Å²) in [5.74, 6) is 1.55. The van der Waals surface area contributed by atoms with E-state index in [4.69, 9.17) is 4.42 Å². The zero-order chi connectivity index (χ0) is 13.3. The smallest absolute Gasteiger partial charge is 0.255 e. The van der Waals surface area contributed by atoms with Crippen molar-refractivity contribution >= 4 is 5.91 Å². The van der Waals surface area contributed by atoms with E-state index in [0.29, 0.717) is 5.56 Å². The lowest BCUT2D eigenvalue weighted by molar-refractivity contribution is 0.0939. The first-order valence-corrected chi connectivity index (χ1v) is 5.86. The SMILES string of the molecule is Cc1cc(C(C)NC(=O)c2cn[nH]c2C)c(C)o1. The molecule has 0 saturated carbocycles. The van der Waals surface area contributed by atoms with E-state index in [-0.39, 0.29) is 11.9 Å². The van der Waals surface area contributed by atoms with Crippen molar-refractivity contribution in [3.05, 3.63) is 40.6 Å². The molecule has 5 nitrogen and oxygen atoms in total. The van der Waals surface area contributed by atoms with Crippen LogP contribution in [-0.4, -0.2) is 16.1 Å². The number of nitrogens with zero attached hydrogens (tertiary/aromatic N) is 1. The fraction of sp³-hybridized carbons (Fsp3) is 0.385. The summed E-state index contributed by atoms with van der Waals surface area (Å²) in [7, 11) is 0. The molecule has 1 atom stereocenters. The molecule has 0 aliphatic heterocycles. The minimum absolute atomic E-state index is 0.0933. The lowest BCUT2D eigenvalue weighted by atomic mass is 10.1. The van der Waals surface area contributed by atoms with Crippen LogP contribution in [0.25, 0.3) is 0 Å². The van der Waals surface area contributed by atoms with Crippen molar-refractivity contribution in [3.8, 4) is 0 Å². The van der Waals surface area contributed by atoms with Gasteiger partial charge in [-0.2, -0.15) is 5.10 Å². The summed E-state index contributed by atoms with van der Waals surface area (Å²) in [6.45, 7) is 7.55. The van der Waals surface area contributed by atoms with Gasteiger partial charge in [0.25, 0.3) is 5.91 Å². The number of carbonyl (C=O) groups is 1. The lowest BCUT2D eigenvalue weighted by Gasteiger charge is -2.12. The Morgan fingerprint density at radius 2 is 2.17 bits per heavy atom. The number of aryl methyl sites for hydroxylation is 3. The summed E-state index contributed by atoms with van der Waals surface area (Å²) < 4.78 is 5.46. The number of hydrogen-bond donors (Lipinski definition) is 2. The van der Waals surface area contributed by atoms with Gasteiger partial charge in [-0.25, -0.2) is 0 Å². The predicted octanol–water partition coefficient (Wildman–Crippen LogP) is 2.42. The van der Waals surface area contributed by atoms with Gasteiger partial charge in [0.15, 0.2) is 0 Å². The van der Waals surface area contributed by atoms with E-state index in [0.717, 1.165) is 22.8 Å². The highest BCUT2D eigenvalue weighted by atomic mass is 16.3. The van der Waals surface area contributed by atoms with Gasteiger partial charge in [-0.3, -0.25) is 9.89 Å². The van der Waals surface area contributed by atoms with Crippen molar-refractivity contribution in [2.75, 3.05) is 0 Å². The molecule has 1 amide bonds. The zero-order valence-corrected chi connectivity index (χ0v) is 11.0. The van der Waals surface area contributed by atoms with E-state index in [1.54, 1.807) is 0 Å². The van der Waals surface area contributed by atoms with Gasteiger partial charge in [-0.05, 0) is 33.8 Å². The van der Waals surface area contributed by atoms with E-state index in [9.17, 15) is 4.79 Å². The van der Waals surface area contributed by atoms with Crippen LogP contribution < -0.4 is 5.32 Å². The summed E-state index contributed by atoms with van der Waals surface area (Å²) in [5.41, 5.74) is 2.33. The molecule has 18 heavy (non-hydrogen) atoms. The highest BCUT2D eigenvalue weighted by Crippen LogP contribution is 2.21. The topological polar surface area (TPSA) is 70.9 Å². The first-order valence-electron chi connectivity index (χ1n) is 5.86. The maximum Gasteiger partial charge on any atom is 0.255 e. The Hall–Kier alpha value is -2.04. The van der Waals surface area contributed by atoms with E-state index in [2.05, 4.69) is 15.5 Å². The molecule has 0 spiro atoms. The summed E-state index contributed by atoms with van der Waals surface area (Å²) >= 11 is 0. The highest BCUT2D eigenvalue weighted by Gasteiger charge is 2.17. The summed E-state index contributed by atoms with van der Waals surface area (Å²) in [6.07, 6.45) is 1.53. The number of amides is 1. The molecule has 5 heteroatoms. The molecule has 0 radical (unpaired) electrons. The molecule has 96 valence electrons. The molecular weight excluding hydrogens is 230 g/mol. The Kier molecular flexibility index (Phi) is 3.23. The van der Waals surface area contributed by atoms with Crippen LogP contribution in [0.1, 0.15) is 46.1 Å². The Morgan fingerprint density at radius 3 is 2.67 bits per heavy atom. The Morgan fingerprint density at radius 1 is 1.44 bits per heavy atom. The number of carbonyl (C=O) groups excluding carboxylic acids is 1. The Bertz CT molecular complexity index is 569. The molecule has 0 aliphatic rings. The van der Waals surface area contributed by atoms with Crippen LogP contribution in [0.15, 0.2) is 16.7 Å². The zero-order valence-electron chi connectivity index (χ0n) is 11.0. The molecule has 2 heterocycles. The number of hydrogen-bond acceptors (Lipinski definition) is 3. The Balaban J connectivity index is 2.13. The lowest BCUT2D eigenvalue weighted by Crippen LogP contribution is -2.27. The molecule has 0 aromatic carbocycles. The molecule has 0 aliphatic carbocycles. The fourth-order valence-corrected chi connectivity index (χ4v) is 2.01. The van der Waals surface area contributed by atoms with Gasteiger partial charge in [0.1, 0.15) is 11.5 Å². The maximum atomic E-state index is 12.0. The average molecular weight is 247 g/mol. The molecule has 2 aromatic heterocycles. The second-order valence-electron chi connectivity index (χ2n) is 4.47. The number of H-pyrrole nitrogens is 1. The predicted molar refractivity (Wildman–Crippen MR) is 67.4 cm³/mol. The third kappa shape index (κ3) is 2.30. The van der Waals surface area contributed by atoms with Crippen LogP contribution in [0.4, 0.5) is 0 Å². The van der Waals surface area contributed by atoms with E-state index >= 15 is 0 Å². The van der Waals surface area contributed by atoms with E-state index in [1.165, 1.54) is 6.20 Å². The maximum absolute atomic E-state index is 12.0. The molecule has 0 saturated heterocycles. The van der Waals surface area contributed by atoms with Crippen molar-refractivity contribution < 1.29 is 9.21 Å². The largest absolute Gasteiger partial charge is 0.466 e. The number of aromatic nitrogens is 2. The number of furan rings is 1.